The van der Waals surface area contributed by atoms with Crippen LogP contribution >= 0.6 is 23.1 Å². The number of aliphatic hydroxyl groups is 1. The molecule has 0 bridgehead atoms. The molecule has 0 aliphatic rings. The molecule has 3 nitrogen and oxygen atoms in total. The maximum atomic E-state index is 9.60. The minimum Gasteiger partial charge on any atom is -0.389 e. The van der Waals surface area contributed by atoms with Crippen molar-refractivity contribution in [1.29, 1.82) is 0 Å². The average Bonchev–Trinajstić information content (AvgIpc) is 2.57. The van der Waals surface area contributed by atoms with E-state index in [1.54, 1.807) is 36.2 Å². The first-order valence-electron chi connectivity index (χ1n) is 4.09. The Hall–Kier alpha value is -0.100. The van der Waals surface area contributed by atoms with Crippen molar-refractivity contribution in [1.82, 2.24) is 4.98 Å². The molecule has 5 heteroatoms. The van der Waals surface area contributed by atoms with Crippen LogP contribution in [-0.2, 0) is 0 Å². The Kier molecular flexibility index (Phi) is 4.18. The Bertz CT molecular complexity index is 236. The van der Waals surface area contributed by atoms with Crippen LogP contribution in [0.4, 0.5) is 0 Å². The second-order valence-corrected chi connectivity index (χ2v) is 5.33. The summed E-state index contributed by atoms with van der Waals surface area (Å²) in [4.78, 5) is 4.13. The van der Waals surface area contributed by atoms with Gasteiger partial charge in [-0.2, -0.15) is 0 Å². The molecular weight excluding hydrogens is 204 g/mol. The first kappa shape index (κ1) is 11.0. The zero-order chi connectivity index (χ0) is 9.73. The van der Waals surface area contributed by atoms with E-state index in [1.807, 2.05) is 5.38 Å². The van der Waals surface area contributed by atoms with Crippen molar-refractivity contribution in [3.05, 3.63) is 11.6 Å². The van der Waals surface area contributed by atoms with Gasteiger partial charge in [-0.25, -0.2) is 4.98 Å². The van der Waals surface area contributed by atoms with Gasteiger partial charge < -0.3 is 10.8 Å². The Morgan fingerprint density at radius 2 is 2.54 bits per heavy atom. The number of thiazole rings is 1. The summed E-state index contributed by atoms with van der Waals surface area (Å²) in [5.41, 5.74) is 4.66. The van der Waals surface area contributed by atoms with E-state index in [9.17, 15) is 5.11 Å². The lowest BCUT2D eigenvalue weighted by molar-refractivity contribution is 0.0665. The quantitative estimate of drug-likeness (QED) is 0.732. The minimum atomic E-state index is -0.732. The maximum absolute atomic E-state index is 9.60. The van der Waals surface area contributed by atoms with Gasteiger partial charge in [0.25, 0.3) is 0 Å². The number of hydrogen-bond acceptors (Lipinski definition) is 5. The van der Waals surface area contributed by atoms with E-state index >= 15 is 0 Å². The van der Waals surface area contributed by atoms with E-state index in [4.69, 9.17) is 5.73 Å². The van der Waals surface area contributed by atoms with Crippen LogP contribution in [0.3, 0.4) is 0 Å². The molecule has 74 valence electrons. The molecule has 13 heavy (non-hydrogen) atoms. The fourth-order valence-electron chi connectivity index (χ4n) is 0.742. The fourth-order valence-corrected chi connectivity index (χ4v) is 2.64. The Labute approximate surface area is 86.4 Å². The smallest absolute Gasteiger partial charge is 0.149 e. The molecule has 1 heterocycles. The Morgan fingerprint density at radius 1 is 1.77 bits per heavy atom. The molecule has 0 radical (unpaired) electrons. The predicted octanol–water partition coefficient (Wildman–Crippen LogP) is 1.33. The Morgan fingerprint density at radius 3 is 3.08 bits per heavy atom. The number of aromatic nitrogens is 1. The summed E-state index contributed by atoms with van der Waals surface area (Å²) in [7, 11) is 0. The molecule has 3 N–H and O–H groups in total. The lowest BCUT2D eigenvalue weighted by Crippen LogP contribution is -2.34. The van der Waals surface area contributed by atoms with Crippen molar-refractivity contribution < 1.29 is 5.11 Å². The molecule has 0 aliphatic carbocycles. The fraction of sp³-hybridized carbons (Fsp3) is 0.625. The van der Waals surface area contributed by atoms with Crippen LogP contribution in [0.5, 0.6) is 0 Å². The van der Waals surface area contributed by atoms with Gasteiger partial charge in [0.2, 0.25) is 0 Å². The number of nitrogens with zero attached hydrogens (tertiary/aromatic N) is 1. The highest BCUT2D eigenvalue weighted by Gasteiger charge is 2.17. The number of thioether (sulfide) groups is 1. The number of rotatable bonds is 5. The lowest BCUT2D eigenvalue weighted by Gasteiger charge is -2.19. The SMILES string of the molecule is CC(O)(CN)CCSc1nccs1. The molecule has 0 aromatic carbocycles. The van der Waals surface area contributed by atoms with Gasteiger partial charge in [0.15, 0.2) is 0 Å². The van der Waals surface area contributed by atoms with Gasteiger partial charge in [-0.05, 0) is 13.3 Å². The summed E-state index contributed by atoms with van der Waals surface area (Å²) in [5, 5.41) is 11.5. The van der Waals surface area contributed by atoms with Crippen LogP contribution in [0.2, 0.25) is 0 Å². The zero-order valence-electron chi connectivity index (χ0n) is 7.56. The van der Waals surface area contributed by atoms with E-state index in [0.29, 0.717) is 13.0 Å². The van der Waals surface area contributed by atoms with Crippen molar-refractivity contribution in [3.63, 3.8) is 0 Å². The highest BCUT2D eigenvalue weighted by molar-refractivity contribution is 8.00. The van der Waals surface area contributed by atoms with E-state index in [2.05, 4.69) is 4.98 Å². The van der Waals surface area contributed by atoms with Crippen molar-refractivity contribution in [3.8, 4) is 0 Å². The van der Waals surface area contributed by atoms with Gasteiger partial charge in [0, 0.05) is 23.9 Å². The largest absolute Gasteiger partial charge is 0.389 e. The second kappa shape index (κ2) is 4.95. The molecule has 1 atom stereocenters. The molecule has 1 aromatic heterocycles. The maximum Gasteiger partial charge on any atom is 0.149 e. The van der Waals surface area contributed by atoms with Crippen molar-refractivity contribution in [2.75, 3.05) is 12.3 Å². The van der Waals surface area contributed by atoms with Crippen LogP contribution in [0.1, 0.15) is 13.3 Å². The summed E-state index contributed by atoms with van der Waals surface area (Å²) >= 11 is 3.28. The molecule has 0 saturated heterocycles. The summed E-state index contributed by atoms with van der Waals surface area (Å²) < 4.78 is 1.05. The summed E-state index contributed by atoms with van der Waals surface area (Å²) in [6, 6.07) is 0. The summed E-state index contributed by atoms with van der Waals surface area (Å²) in [6.07, 6.45) is 2.49. The van der Waals surface area contributed by atoms with E-state index < -0.39 is 5.60 Å². The first-order chi connectivity index (χ1) is 6.14. The monoisotopic (exact) mass is 218 g/mol. The topological polar surface area (TPSA) is 59.1 Å². The van der Waals surface area contributed by atoms with Gasteiger partial charge in [-0.3, -0.25) is 0 Å². The van der Waals surface area contributed by atoms with Gasteiger partial charge >= 0.3 is 0 Å². The molecule has 1 rings (SSSR count). The molecule has 1 aromatic rings. The van der Waals surface area contributed by atoms with Gasteiger partial charge in [-0.15, -0.1) is 11.3 Å². The highest BCUT2D eigenvalue weighted by atomic mass is 32.2. The summed E-state index contributed by atoms with van der Waals surface area (Å²) in [5.74, 6) is 0.859. The predicted molar refractivity (Wildman–Crippen MR) is 57.1 cm³/mol. The molecule has 1 unspecified atom stereocenters. The third-order valence-electron chi connectivity index (χ3n) is 1.72. The average molecular weight is 218 g/mol. The van der Waals surface area contributed by atoms with Gasteiger partial charge in [-0.1, -0.05) is 11.8 Å². The van der Waals surface area contributed by atoms with E-state index in [-0.39, 0.29) is 0 Å². The van der Waals surface area contributed by atoms with Crippen molar-refractivity contribution >= 4 is 23.1 Å². The molecule has 0 amide bonds. The van der Waals surface area contributed by atoms with Gasteiger partial charge in [0.05, 0.1) is 5.60 Å². The highest BCUT2D eigenvalue weighted by Crippen LogP contribution is 2.23. The van der Waals surface area contributed by atoms with Crippen LogP contribution < -0.4 is 5.73 Å². The van der Waals surface area contributed by atoms with Crippen LogP contribution in [-0.4, -0.2) is 28.0 Å². The first-order valence-corrected chi connectivity index (χ1v) is 5.95. The van der Waals surface area contributed by atoms with Crippen LogP contribution in [0.15, 0.2) is 15.9 Å². The Balaban J connectivity index is 2.21. The van der Waals surface area contributed by atoms with E-state index in [0.717, 1.165) is 10.1 Å². The molecule has 0 aliphatic heterocycles. The second-order valence-electron chi connectivity index (χ2n) is 3.10. The summed E-state index contributed by atoms with van der Waals surface area (Å²) in [6.45, 7) is 2.07. The standard InChI is InChI=1S/C8H14N2OS2/c1-8(11,6-9)2-4-12-7-10-3-5-13-7/h3,5,11H,2,4,6,9H2,1H3. The lowest BCUT2D eigenvalue weighted by atomic mass is 10.1. The molecular formula is C8H14N2OS2. The van der Waals surface area contributed by atoms with Crippen molar-refractivity contribution in [2.24, 2.45) is 5.73 Å². The number of nitrogens with two attached hydrogens (primary N) is 1. The third-order valence-corrected chi connectivity index (χ3v) is 3.68. The molecule has 0 spiro atoms. The normalized spacial score (nSPS) is 15.6. The third kappa shape index (κ3) is 4.08. The number of hydrogen-bond donors (Lipinski definition) is 2. The molecule has 0 fully saturated rings. The van der Waals surface area contributed by atoms with Crippen LogP contribution in [0.25, 0.3) is 0 Å². The van der Waals surface area contributed by atoms with Gasteiger partial charge in [0.1, 0.15) is 4.34 Å². The molecule has 0 saturated carbocycles. The van der Waals surface area contributed by atoms with Crippen LogP contribution in [0, 0.1) is 0 Å². The van der Waals surface area contributed by atoms with Crippen molar-refractivity contribution in [2.45, 2.75) is 23.3 Å². The zero-order valence-corrected chi connectivity index (χ0v) is 9.20. The van der Waals surface area contributed by atoms with E-state index in [1.165, 1.54) is 0 Å². The minimum absolute atomic E-state index is 0.311.